The van der Waals surface area contributed by atoms with Crippen LogP contribution in [0.4, 0.5) is 0 Å². The molecule has 0 bridgehead atoms. The van der Waals surface area contributed by atoms with E-state index in [-0.39, 0.29) is 6.42 Å². The van der Waals surface area contributed by atoms with E-state index in [0.29, 0.717) is 0 Å². The van der Waals surface area contributed by atoms with Gasteiger partial charge in [0.2, 0.25) is 11.9 Å². The Kier molecular flexibility index (Phi) is 2.97. The van der Waals surface area contributed by atoms with Gasteiger partial charge in [-0.3, -0.25) is 4.79 Å². The largest absolute Gasteiger partial charge is 0.459 e. The van der Waals surface area contributed by atoms with Crippen molar-refractivity contribution < 1.29 is 48.7 Å². The summed E-state index contributed by atoms with van der Waals surface area (Å²) >= 11 is 0. The number of hydrogen-bond donors (Lipinski definition) is 3. The first-order valence-electron chi connectivity index (χ1n) is 10.2. The van der Waals surface area contributed by atoms with Gasteiger partial charge in [-0.15, -0.1) is 0 Å². The number of rotatable bonds is 0. The Bertz CT molecular complexity index is 925. The van der Waals surface area contributed by atoms with Crippen LogP contribution >= 0.6 is 0 Å². The number of aliphatic hydroxyl groups is 3. The quantitative estimate of drug-likeness (QED) is 0.314. The van der Waals surface area contributed by atoms with Crippen LogP contribution in [-0.4, -0.2) is 75.1 Å². The summed E-state index contributed by atoms with van der Waals surface area (Å²) in [6, 6.07) is 0. The summed E-state index contributed by atoms with van der Waals surface area (Å²) in [4.78, 5) is 38.2. The first kappa shape index (κ1) is 19.0. The third kappa shape index (κ3) is 1.33. The van der Waals surface area contributed by atoms with Crippen molar-refractivity contribution in [1.29, 1.82) is 0 Å². The molecule has 10 heteroatoms. The molecule has 2 unspecified atom stereocenters. The monoisotopic (exact) mass is 424 g/mol. The minimum atomic E-state index is -2.24. The summed E-state index contributed by atoms with van der Waals surface area (Å²) in [5.41, 5.74) is -8.26. The van der Waals surface area contributed by atoms with Crippen LogP contribution in [0, 0.1) is 28.1 Å². The van der Waals surface area contributed by atoms with Crippen LogP contribution in [0.25, 0.3) is 0 Å². The zero-order valence-corrected chi connectivity index (χ0v) is 16.9. The first-order chi connectivity index (χ1) is 13.8. The molecule has 0 radical (unpaired) electrons. The van der Waals surface area contributed by atoms with Gasteiger partial charge in [-0.1, -0.05) is 20.8 Å². The number of fused-ring (bicyclic) bond motifs is 1. The average molecular weight is 424 g/mol. The van der Waals surface area contributed by atoms with Crippen LogP contribution in [0.1, 0.15) is 34.1 Å². The molecule has 30 heavy (non-hydrogen) atoms. The Morgan fingerprint density at radius 1 is 1.03 bits per heavy atom. The Labute approximate surface area is 171 Å². The van der Waals surface area contributed by atoms with E-state index >= 15 is 0 Å². The second-order valence-corrected chi connectivity index (χ2v) is 10.7. The number of carbonyl (C=O) groups is 3. The third-order valence-electron chi connectivity index (χ3n) is 9.00. The molecular formula is C20H24O10. The molecule has 4 heterocycles. The number of hydrogen-bond acceptors (Lipinski definition) is 10. The van der Waals surface area contributed by atoms with Crippen molar-refractivity contribution in [2.24, 2.45) is 28.1 Å². The van der Waals surface area contributed by atoms with Crippen LogP contribution in [0.2, 0.25) is 0 Å². The first-order valence-corrected chi connectivity index (χ1v) is 10.2. The van der Waals surface area contributed by atoms with E-state index in [1.807, 2.05) is 20.8 Å². The van der Waals surface area contributed by atoms with E-state index in [9.17, 15) is 29.7 Å². The van der Waals surface area contributed by atoms with Gasteiger partial charge >= 0.3 is 17.9 Å². The SMILES string of the molecule is C[C@@H]1C(=O)O[C@H]2[C@H](O)C34[C@H]5C[C@@H](C(C)(C)C)C36[C@@H](OC(=O)[C@@H]6O)O[C@@]4(C(=O)O5)[C@@]12O. The lowest BCUT2D eigenvalue weighted by Crippen LogP contribution is -2.67. The van der Waals surface area contributed by atoms with Gasteiger partial charge in [0.25, 0.3) is 0 Å². The molecule has 6 fully saturated rings. The van der Waals surface area contributed by atoms with Crippen molar-refractivity contribution >= 4 is 17.9 Å². The zero-order valence-electron chi connectivity index (χ0n) is 16.9. The number of ether oxygens (including phenoxy) is 4. The topological polar surface area (TPSA) is 149 Å². The molecule has 0 aromatic rings. The van der Waals surface area contributed by atoms with Crippen LogP contribution in [0.3, 0.4) is 0 Å². The van der Waals surface area contributed by atoms with Gasteiger partial charge in [-0.2, -0.15) is 0 Å². The Hall–Kier alpha value is -1.75. The Morgan fingerprint density at radius 3 is 2.33 bits per heavy atom. The fraction of sp³-hybridized carbons (Fsp3) is 0.850. The van der Waals surface area contributed by atoms with Gasteiger partial charge in [-0.25, -0.2) is 9.59 Å². The molecule has 0 aromatic carbocycles. The van der Waals surface area contributed by atoms with Gasteiger partial charge in [0.1, 0.15) is 12.2 Å². The number of aliphatic hydroxyl groups excluding tert-OH is 2. The van der Waals surface area contributed by atoms with Crippen molar-refractivity contribution in [1.82, 2.24) is 0 Å². The molecule has 4 aliphatic heterocycles. The second-order valence-electron chi connectivity index (χ2n) is 10.7. The van der Waals surface area contributed by atoms with Gasteiger partial charge in [-0.05, 0) is 24.7 Å². The highest BCUT2D eigenvalue weighted by atomic mass is 16.8. The Morgan fingerprint density at radius 2 is 1.70 bits per heavy atom. The predicted molar refractivity (Wildman–Crippen MR) is 92.0 cm³/mol. The van der Waals surface area contributed by atoms with E-state index in [1.54, 1.807) is 0 Å². The van der Waals surface area contributed by atoms with Crippen molar-refractivity contribution in [2.75, 3.05) is 0 Å². The normalized spacial score (nSPS) is 60.1. The maximum absolute atomic E-state index is 13.4. The van der Waals surface area contributed by atoms with E-state index in [1.165, 1.54) is 6.92 Å². The van der Waals surface area contributed by atoms with E-state index in [4.69, 9.17) is 18.9 Å². The lowest BCUT2D eigenvalue weighted by molar-refractivity contribution is -0.239. The molecule has 6 rings (SSSR count). The molecule has 164 valence electrons. The highest BCUT2D eigenvalue weighted by Gasteiger charge is 3.03. The lowest BCUT2D eigenvalue weighted by atomic mass is 9.51. The van der Waals surface area contributed by atoms with Crippen LogP contribution in [0.5, 0.6) is 0 Å². The maximum Gasteiger partial charge on any atom is 0.343 e. The second kappa shape index (κ2) is 4.69. The fourth-order valence-corrected chi connectivity index (χ4v) is 8.12. The molecule has 0 aromatic heterocycles. The summed E-state index contributed by atoms with van der Waals surface area (Å²) in [7, 11) is 0. The molecule has 3 N–H and O–H groups in total. The maximum atomic E-state index is 13.4. The molecule has 2 spiro atoms. The molecular weight excluding hydrogens is 400 g/mol. The highest BCUT2D eigenvalue weighted by Crippen LogP contribution is 2.84. The molecule has 2 aliphatic carbocycles. The summed E-state index contributed by atoms with van der Waals surface area (Å²) in [6.07, 6.45) is -6.91. The molecule has 4 saturated heterocycles. The molecule has 6 aliphatic rings. The minimum Gasteiger partial charge on any atom is -0.459 e. The van der Waals surface area contributed by atoms with Crippen molar-refractivity contribution in [3.05, 3.63) is 0 Å². The number of carbonyl (C=O) groups excluding carboxylic acids is 3. The summed E-state index contributed by atoms with van der Waals surface area (Å²) in [6.45, 7) is 7.14. The minimum absolute atomic E-state index is 0.229. The summed E-state index contributed by atoms with van der Waals surface area (Å²) in [5, 5.41) is 34.7. The lowest BCUT2D eigenvalue weighted by Gasteiger charge is -2.47. The molecule has 2 saturated carbocycles. The van der Waals surface area contributed by atoms with Gasteiger partial charge in [0, 0.05) is 0 Å². The molecule has 0 amide bonds. The van der Waals surface area contributed by atoms with Crippen molar-refractivity contribution in [3.63, 3.8) is 0 Å². The Balaban J connectivity index is 1.72. The van der Waals surface area contributed by atoms with Gasteiger partial charge < -0.3 is 34.3 Å². The predicted octanol–water partition coefficient (Wildman–Crippen LogP) is -1.37. The van der Waals surface area contributed by atoms with Gasteiger partial charge in [0.05, 0.1) is 16.7 Å². The molecule has 11 atom stereocenters. The highest BCUT2D eigenvalue weighted by molar-refractivity contribution is 5.94. The third-order valence-corrected chi connectivity index (χ3v) is 9.00. The van der Waals surface area contributed by atoms with Crippen LogP contribution in [0.15, 0.2) is 0 Å². The van der Waals surface area contributed by atoms with E-state index in [2.05, 4.69) is 0 Å². The molecule has 10 nitrogen and oxygen atoms in total. The van der Waals surface area contributed by atoms with Crippen molar-refractivity contribution in [2.45, 2.75) is 76.0 Å². The standard InChI is InChI=1S/C20H24O10/c1-6-12(23)28-11-9(21)18-8-5-7(16(2,3)4)17(18)10(22)13(24)29-15(17)30-20(18,14(25)27-8)19(6,11)26/h6-11,15,21-22,26H,5H2,1-4H3/t6-,7+,8-,9+,10+,11+,15+,17?,18?,19-,20-/m1/s1. The summed E-state index contributed by atoms with van der Waals surface area (Å²) < 4.78 is 22.5. The van der Waals surface area contributed by atoms with E-state index < -0.39 is 87.9 Å². The smallest absolute Gasteiger partial charge is 0.343 e. The average Bonchev–Trinajstić information content (AvgIpc) is 3.35. The van der Waals surface area contributed by atoms with Crippen LogP contribution < -0.4 is 0 Å². The summed E-state index contributed by atoms with van der Waals surface area (Å²) in [5.74, 6) is -4.32. The van der Waals surface area contributed by atoms with E-state index in [0.717, 1.165) is 0 Å². The van der Waals surface area contributed by atoms with Crippen LogP contribution in [-0.2, 0) is 33.3 Å². The fourth-order valence-electron chi connectivity index (χ4n) is 8.12. The number of esters is 3. The zero-order chi connectivity index (χ0) is 21.8. The van der Waals surface area contributed by atoms with Crippen molar-refractivity contribution in [3.8, 4) is 0 Å². The van der Waals surface area contributed by atoms with Gasteiger partial charge in [0.15, 0.2) is 17.8 Å².